The van der Waals surface area contributed by atoms with Gasteiger partial charge in [-0.15, -0.1) is 0 Å². The van der Waals surface area contributed by atoms with Gasteiger partial charge in [0.25, 0.3) is 0 Å². The molecule has 1 rings (SSSR count). The molecule has 2 heteroatoms. The molecule has 2 nitrogen and oxygen atoms in total. The minimum Gasteiger partial charge on any atom is -0.376 e. The molecule has 0 saturated heterocycles. The van der Waals surface area contributed by atoms with E-state index in [0.29, 0.717) is 5.92 Å². The Bertz CT molecular complexity index is 331. The zero-order valence-corrected chi connectivity index (χ0v) is 12.4. The van der Waals surface area contributed by atoms with Crippen LogP contribution >= 0.6 is 0 Å². The predicted molar refractivity (Wildman–Crippen MR) is 77.8 cm³/mol. The van der Waals surface area contributed by atoms with Crippen LogP contribution in [0.15, 0.2) is 24.3 Å². The first-order valence-electron chi connectivity index (χ1n) is 6.96. The zero-order chi connectivity index (χ0) is 13.5. The summed E-state index contributed by atoms with van der Waals surface area (Å²) in [6.45, 7) is 12.5. The molecule has 0 aromatic heterocycles. The topological polar surface area (TPSA) is 21.3 Å². The highest BCUT2D eigenvalue weighted by Gasteiger charge is 2.19. The molecule has 0 radical (unpaired) electrons. The monoisotopic (exact) mass is 249 g/mol. The molecule has 0 spiro atoms. The molecule has 0 saturated carbocycles. The molecule has 102 valence electrons. The number of rotatable bonds is 7. The Balaban J connectivity index is 2.71. The summed E-state index contributed by atoms with van der Waals surface area (Å²) >= 11 is 0. The van der Waals surface area contributed by atoms with Gasteiger partial charge in [0.2, 0.25) is 0 Å². The van der Waals surface area contributed by atoms with Gasteiger partial charge in [-0.3, -0.25) is 0 Å². The van der Waals surface area contributed by atoms with Gasteiger partial charge in [-0.25, -0.2) is 0 Å². The normalized spacial score (nSPS) is 14.8. The fraction of sp³-hybridized carbons (Fsp3) is 0.625. The molecule has 2 unspecified atom stereocenters. The van der Waals surface area contributed by atoms with Gasteiger partial charge in [0.1, 0.15) is 0 Å². The van der Waals surface area contributed by atoms with Crippen LogP contribution in [0.2, 0.25) is 0 Å². The second-order valence-corrected chi connectivity index (χ2v) is 5.38. The van der Waals surface area contributed by atoms with Gasteiger partial charge in [-0.05, 0) is 31.9 Å². The maximum atomic E-state index is 5.94. The van der Waals surface area contributed by atoms with E-state index in [1.54, 1.807) is 0 Å². The largest absolute Gasteiger partial charge is 0.376 e. The molecule has 0 amide bonds. The average molecular weight is 249 g/mol. The molecule has 1 N–H and O–H groups in total. The molecular formula is C16H27NO. The van der Waals surface area contributed by atoms with Crippen LogP contribution in [-0.2, 0) is 4.74 Å². The Labute approximate surface area is 112 Å². The molecule has 0 heterocycles. The Morgan fingerprint density at radius 1 is 1.11 bits per heavy atom. The van der Waals surface area contributed by atoms with Gasteiger partial charge in [0.05, 0.1) is 12.1 Å². The lowest BCUT2D eigenvalue weighted by Crippen LogP contribution is -2.32. The third kappa shape index (κ3) is 4.79. The molecule has 0 fully saturated rings. The molecule has 0 bridgehead atoms. The van der Waals surface area contributed by atoms with Crippen LogP contribution in [0.3, 0.4) is 0 Å². The summed E-state index contributed by atoms with van der Waals surface area (Å²) in [5.41, 5.74) is 2.60. The summed E-state index contributed by atoms with van der Waals surface area (Å²) in [5.74, 6) is 0.577. The van der Waals surface area contributed by atoms with E-state index in [9.17, 15) is 0 Å². The molecule has 0 aliphatic carbocycles. The van der Waals surface area contributed by atoms with E-state index < -0.39 is 0 Å². The van der Waals surface area contributed by atoms with Crippen molar-refractivity contribution in [2.75, 3.05) is 13.2 Å². The van der Waals surface area contributed by atoms with Crippen LogP contribution in [0, 0.1) is 12.8 Å². The highest BCUT2D eigenvalue weighted by atomic mass is 16.5. The lowest BCUT2D eigenvalue weighted by atomic mass is 10.0. The molecule has 1 aromatic carbocycles. The van der Waals surface area contributed by atoms with Gasteiger partial charge in [-0.1, -0.05) is 50.6 Å². The molecular weight excluding hydrogens is 222 g/mol. The van der Waals surface area contributed by atoms with E-state index in [0.717, 1.165) is 13.2 Å². The lowest BCUT2D eigenvalue weighted by Gasteiger charge is -2.26. The van der Waals surface area contributed by atoms with Crippen LogP contribution in [-0.4, -0.2) is 19.3 Å². The third-order valence-corrected chi connectivity index (χ3v) is 3.02. The molecule has 18 heavy (non-hydrogen) atoms. The van der Waals surface area contributed by atoms with Gasteiger partial charge >= 0.3 is 0 Å². The Morgan fingerprint density at radius 3 is 2.22 bits per heavy atom. The Hall–Kier alpha value is -0.860. The summed E-state index contributed by atoms with van der Waals surface area (Å²) in [7, 11) is 0. The van der Waals surface area contributed by atoms with E-state index in [1.807, 2.05) is 0 Å². The predicted octanol–water partition coefficient (Wildman–Crippen LogP) is 3.71. The van der Waals surface area contributed by atoms with Gasteiger partial charge < -0.3 is 10.1 Å². The third-order valence-electron chi connectivity index (χ3n) is 3.02. The molecule has 0 aliphatic heterocycles. The first kappa shape index (κ1) is 15.2. The van der Waals surface area contributed by atoms with Crippen LogP contribution in [0.5, 0.6) is 0 Å². The van der Waals surface area contributed by atoms with Crippen LogP contribution < -0.4 is 5.32 Å². The van der Waals surface area contributed by atoms with Crippen molar-refractivity contribution in [3.05, 3.63) is 35.4 Å². The van der Waals surface area contributed by atoms with Crippen molar-refractivity contribution >= 4 is 0 Å². The van der Waals surface area contributed by atoms with Crippen molar-refractivity contribution in [2.45, 2.75) is 46.8 Å². The maximum absolute atomic E-state index is 5.94. The number of benzene rings is 1. The van der Waals surface area contributed by atoms with E-state index >= 15 is 0 Å². The van der Waals surface area contributed by atoms with Crippen LogP contribution in [0.25, 0.3) is 0 Å². The van der Waals surface area contributed by atoms with Crippen molar-refractivity contribution in [3.8, 4) is 0 Å². The summed E-state index contributed by atoms with van der Waals surface area (Å²) in [4.78, 5) is 0. The second kappa shape index (κ2) is 7.55. The van der Waals surface area contributed by atoms with Gasteiger partial charge in [0, 0.05) is 6.61 Å². The summed E-state index contributed by atoms with van der Waals surface area (Å²) in [6, 6.07) is 8.98. The first-order chi connectivity index (χ1) is 8.54. The summed E-state index contributed by atoms with van der Waals surface area (Å²) in [5, 5.41) is 3.52. The van der Waals surface area contributed by atoms with E-state index in [4.69, 9.17) is 4.74 Å². The van der Waals surface area contributed by atoms with Crippen molar-refractivity contribution in [1.82, 2.24) is 5.32 Å². The molecule has 2 atom stereocenters. The standard InChI is InChI=1S/C16H27NO/c1-6-17-16(14(5)18-11-12(2)3)15-9-7-13(4)8-10-15/h7-10,12,14,16-17H,6,11H2,1-5H3. The van der Waals surface area contributed by atoms with Crippen LogP contribution in [0.4, 0.5) is 0 Å². The maximum Gasteiger partial charge on any atom is 0.0741 e. The number of nitrogens with one attached hydrogen (secondary N) is 1. The number of aryl methyl sites for hydroxylation is 1. The fourth-order valence-corrected chi connectivity index (χ4v) is 1.99. The van der Waals surface area contributed by atoms with Crippen molar-refractivity contribution in [2.24, 2.45) is 5.92 Å². The fourth-order valence-electron chi connectivity index (χ4n) is 1.99. The SMILES string of the molecule is CCNC(c1ccc(C)cc1)C(C)OCC(C)C. The Kier molecular flexibility index (Phi) is 6.37. The zero-order valence-electron chi connectivity index (χ0n) is 12.4. The van der Waals surface area contributed by atoms with Crippen molar-refractivity contribution in [3.63, 3.8) is 0 Å². The molecule has 0 aliphatic rings. The van der Waals surface area contributed by atoms with Crippen molar-refractivity contribution < 1.29 is 4.74 Å². The summed E-state index contributed by atoms with van der Waals surface area (Å²) < 4.78 is 5.94. The lowest BCUT2D eigenvalue weighted by molar-refractivity contribution is 0.0232. The van der Waals surface area contributed by atoms with Crippen molar-refractivity contribution in [1.29, 1.82) is 0 Å². The Morgan fingerprint density at radius 2 is 1.72 bits per heavy atom. The minimum atomic E-state index is 0.190. The number of hydrogen-bond acceptors (Lipinski definition) is 2. The van der Waals surface area contributed by atoms with E-state index in [2.05, 4.69) is 64.2 Å². The quantitative estimate of drug-likeness (QED) is 0.795. The van der Waals surface area contributed by atoms with E-state index in [-0.39, 0.29) is 12.1 Å². The van der Waals surface area contributed by atoms with Gasteiger partial charge in [0.15, 0.2) is 0 Å². The number of hydrogen-bond donors (Lipinski definition) is 1. The molecule has 1 aromatic rings. The highest BCUT2D eigenvalue weighted by Crippen LogP contribution is 2.20. The average Bonchev–Trinajstić information content (AvgIpc) is 2.34. The van der Waals surface area contributed by atoms with E-state index in [1.165, 1.54) is 11.1 Å². The minimum absolute atomic E-state index is 0.190. The second-order valence-electron chi connectivity index (χ2n) is 5.38. The van der Waals surface area contributed by atoms with Gasteiger partial charge in [-0.2, -0.15) is 0 Å². The number of likely N-dealkylation sites (N-methyl/N-ethyl adjacent to an activating group) is 1. The highest BCUT2D eigenvalue weighted by molar-refractivity contribution is 5.24. The summed E-state index contributed by atoms with van der Waals surface area (Å²) in [6.07, 6.45) is 0.190. The van der Waals surface area contributed by atoms with Crippen LogP contribution in [0.1, 0.15) is 44.9 Å². The number of ether oxygens (including phenoxy) is 1. The first-order valence-corrected chi connectivity index (χ1v) is 6.96. The smallest absolute Gasteiger partial charge is 0.0741 e.